The molecule has 7 heteroatoms. The first-order chi connectivity index (χ1) is 9.93. The zero-order chi connectivity index (χ0) is 15.8. The van der Waals surface area contributed by atoms with Crippen molar-refractivity contribution in [3.63, 3.8) is 0 Å². The number of rotatable bonds is 7. The molecule has 0 aliphatic heterocycles. The van der Waals surface area contributed by atoms with Crippen LogP contribution in [0.4, 0.5) is 10.5 Å². The lowest BCUT2D eigenvalue weighted by Gasteiger charge is -2.10. The van der Waals surface area contributed by atoms with Gasteiger partial charge in [0.05, 0.1) is 17.5 Å². The van der Waals surface area contributed by atoms with Crippen LogP contribution in [-0.4, -0.2) is 30.8 Å². The smallest absolute Gasteiger partial charge is 0.319 e. The highest BCUT2D eigenvalue weighted by Crippen LogP contribution is 2.27. The van der Waals surface area contributed by atoms with Crippen LogP contribution in [0.25, 0.3) is 0 Å². The molecule has 0 spiro atoms. The van der Waals surface area contributed by atoms with E-state index in [4.69, 9.17) is 9.84 Å². The zero-order valence-corrected chi connectivity index (χ0v) is 13.6. The molecule has 3 N–H and O–H groups in total. The van der Waals surface area contributed by atoms with Gasteiger partial charge in [-0.1, -0.05) is 6.92 Å². The van der Waals surface area contributed by atoms with E-state index in [2.05, 4.69) is 26.6 Å². The first kappa shape index (κ1) is 17.3. The van der Waals surface area contributed by atoms with Crippen molar-refractivity contribution in [2.45, 2.75) is 19.8 Å². The summed E-state index contributed by atoms with van der Waals surface area (Å²) >= 11 is 3.33. The first-order valence-electron chi connectivity index (χ1n) is 6.55. The molecule has 0 aromatic heterocycles. The highest BCUT2D eigenvalue weighted by Gasteiger charge is 2.10. The molecule has 0 radical (unpaired) electrons. The topological polar surface area (TPSA) is 87.7 Å². The summed E-state index contributed by atoms with van der Waals surface area (Å²) in [6.45, 7) is 2.08. The van der Waals surface area contributed by atoms with Crippen LogP contribution in [0.1, 0.15) is 19.8 Å². The lowest BCUT2D eigenvalue weighted by Crippen LogP contribution is -2.29. The van der Waals surface area contributed by atoms with E-state index >= 15 is 0 Å². The third-order valence-corrected chi connectivity index (χ3v) is 3.59. The average molecular weight is 359 g/mol. The Kier molecular flexibility index (Phi) is 7.01. The van der Waals surface area contributed by atoms with E-state index in [-0.39, 0.29) is 6.03 Å². The molecule has 0 heterocycles. The van der Waals surface area contributed by atoms with E-state index in [9.17, 15) is 9.59 Å². The minimum Gasteiger partial charge on any atom is -0.495 e. The van der Waals surface area contributed by atoms with Gasteiger partial charge in [0, 0.05) is 18.3 Å². The maximum absolute atomic E-state index is 11.7. The minimum atomic E-state index is -0.818. The molecule has 0 aliphatic carbocycles. The number of aliphatic carboxylic acids is 1. The number of amides is 2. The summed E-state index contributed by atoms with van der Waals surface area (Å²) in [5.74, 6) is -0.588. The van der Waals surface area contributed by atoms with Crippen molar-refractivity contribution in [2.75, 3.05) is 19.0 Å². The standard InChI is InChI=1S/C14H19BrN2O4/c1-9(13(18)19)4-3-7-16-14(20)17-10-5-6-11(15)12(8-10)21-2/h5-6,8-9H,3-4,7H2,1-2H3,(H,18,19)(H2,16,17,20). The molecule has 1 aromatic carbocycles. The van der Waals surface area contributed by atoms with E-state index < -0.39 is 11.9 Å². The minimum absolute atomic E-state index is 0.331. The molecule has 1 aromatic rings. The van der Waals surface area contributed by atoms with E-state index in [1.165, 1.54) is 0 Å². The van der Waals surface area contributed by atoms with Crippen molar-refractivity contribution >= 4 is 33.6 Å². The van der Waals surface area contributed by atoms with Crippen LogP contribution in [0, 0.1) is 5.92 Å². The summed E-state index contributed by atoms with van der Waals surface area (Å²) in [6, 6.07) is 4.90. The molecule has 6 nitrogen and oxygen atoms in total. The van der Waals surface area contributed by atoms with Crippen molar-refractivity contribution in [3.05, 3.63) is 22.7 Å². The van der Waals surface area contributed by atoms with Gasteiger partial charge in [-0.05, 0) is 40.9 Å². The van der Waals surface area contributed by atoms with Crippen LogP contribution in [-0.2, 0) is 4.79 Å². The van der Waals surface area contributed by atoms with Crippen LogP contribution in [0.2, 0.25) is 0 Å². The van der Waals surface area contributed by atoms with Gasteiger partial charge < -0.3 is 20.5 Å². The highest BCUT2D eigenvalue weighted by atomic mass is 79.9. The lowest BCUT2D eigenvalue weighted by atomic mass is 10.1. The van der Waals surface area contributed by atoms with Crippen molar-refractivity contribution in [2.24, 2.45) is 5.92 Å². The number of carboxylic acids is 1. The second-order valence-electron chi connectivity index (χ2n) is 4.61. The van der Waals surface area contributed by atoms with Crippen LogP contribution < -0.4 is 15.4 Å². The SMILES string of the molecule is COc1cc(NC(=O)NCCCC(C)C(=O)O)ccc1Br. The number of hydrogen-bond acceptors (Lipinski definition) is 3. The molecule has 1 atom stereocenters. The summed E-state index contributed by atoms with van der Waals surface area (Å²) in [5, 5.41) is 14.1. The second kappa shape index (κ2) is 8.51. The summed E-state index contributed by atoms with van der Waals surface area (Å²) in [7, 11) is 1.55. The van der Waals surface area contributed by atoms with E-state index in [0.29, 0.717) is 30.8 Å². The molecule has 0 aliphatic rings. The number of ether oxygens (including phenoxy) is 1. The number of halogens is 1. The van der Waals surface area contributed by atoms with Gasteiger partial charge in [0.25, 0.3) is 0 Å². The Morgan fingerprint density at radius 1 is 1.43 bits per heavy atom. The number of anilines is 1. The summed E-state index contributed by atoms with van der Waals surface area (Å²) in [5.41, 5.74) is 0.617. The van der Waals surface area contributed by atoms with Crippen molar-refractivity contribution in [3.8, 4) is 5.75 Å². The monoisotopic (exact) mass is 358 g/mol. The molecule has 116 valence electrons. The number of benzene rings is 1. The highest BCUT2D eigenvalue weighted by molar-refractivity contribution is 9.10. The maximum atomic E-state index is 11.7. The van der Waals surface area contributed by atoms with Gasteiger partial charge in [-0.15, -0.1) is 0 Å². The Labute approximate surface area is 132 Å². The molecule has 0 bridgehead atoms. The fourth-order valence-electron chi connectivity index (χ4n) is 1.65. The molecule has 2 amide bonds. The predicted molar refractivity (Wildman–Crippen MR) is 83.7 cm³/mol. The number of nitrogens with one attached hydrogen (secondary N) is 2. The molecular weight excluding hydrogens is 340 g/mol. The van der Waals surface area contributed by atoms with Gasteiger partial charge in [-0.3, -0.25) is 4.79 Å². The Morgan fingerprint density at radius 2 is 2.14 bits per heavy atom. The zero-order valence-electron chi connectivity index (χ0n) is 12.0. The lowest BCUT2D eigenvalue weighted by molar-refractivity contribution is -0.141. The third kappa shape index (κ3) is 6.03. The van der Waals surface area contributed by atoms with Crippen LogP contribution in [0.3, 0.4) is 0 Å². The van der Waals surface area contributed by atoms with E-state index in [1.807, 2.05) is 0 Å². The number of urea groups is 1. The van der Waals surface area contributed by atoms with Gasteiger partial charge >= 0.3 is 12.0 Å². The quantitative estimate of drug-likeness (QED) is 0.653. The molecule has 0 saturated carbocycles. The average Bonchev–Trinajstić information content (AvgIpc) is 2.45. The fourth-order valence-corrected chi connectivity index (χ4v) is 2.05. The number of methoxy groups -OCH3 is 1. The van der Waals surface area contributed by atoms with Gasteiger partial charge in [0.15, 0.2) is 0 Å². The van der Waals surface area contributed by atoms with Crippen LogP contribution >= 0.6 is 15.9 Å². The fraction of sp³-hybridized carbons (Fsp3) is 0.429. The summed E-state index contributed by atoms with van der Waals surface area (Å²) in [6.07, 6.45) is 1.15. The van der Waals surface area contributed by atoms with Crippen molar-refractivity contribution in [1.29, 1.82) is 0 Å². The Hall–Kier alpha value is -1.76. The summed E-state index contributed by atoms with van der Waals surface area (Å²) < 4.78 is 5.94. The molecule has 1 unspecified atom stereocenters. The second-order valence-corrected chi connectivity index (χ2v) is 5.47. The maximum Gasteiger partial charge on any atom is 0.319 e. The molecule has 0 saturated heterocycles. The number of carbonyl (C=O) groups is 2. The third-order valence-electron chi connectivity index (χ3n) is 2.93. The number of carbonyl (C=O) groups excluding carboxylic acids is 1. The van der Waals surface area contributed by atoms with Crippen LogP contribution in [0.5, 0.6) is 5.75 Å². The predicted octanol–water partition coefficient (Wildman–Crippen LogP) is 3.08. The molecule has 21 heavy (non-hydrogen) atoms. The molecule has 0 fully saturated rings. The Morgan fingerprint density at radius 3 is 2.76 bits per heavy atom. The summed E-state index contributed by atoms with van der Waals surface area (Å²) in [4.78, 5) is 22.3. The largest absolute Gasteiger partial charge is 0.495 e. The number of hydrogen-bond donors (Lipinski definition) is 3. The normalized spacial score (nSPS) is 11.6. The van der Waals surface area contributed by atoms with Crippen molar-refractivity contribution in [1.82, 2.24) is 5.32 Å². The van der Waals surface area contributed by atoms with E-state index in [0.717, 1.165) is 4.47 Å². The van der Waals surface area contributed by atoms with Gasteiger partial charge in [0.2, 0.25) is 0 Å². The number of carboxylic acid groups (broad SMARTS) is 1. The van der Waals surface area contributed by atoms with Gasteiger partial charge in [0.1, 0.15) is 5.75 Å². The molecule has 1 rings (SSSR count). The van der Waals surface area contributed by atoms with E-state index in [1.54, 1.807) is 32.2 Å². The van der Waals surface area contributed by atoms with Crippen molar-refractivity contribution < 1.29 is 19.4 Å². The Bertz CT molecular complexity index is 508. The van der Waals surface area contributed by atoms with Gasteiger partial charge in [-0.2, -0.15) is 0 Å². The Balaban J connectivity index is 2.35. The van der Waals surface area contributed by atoms with Gasteiger partial charge in [-0.25, -0.2) is 4.79 Å². The molecular formula is C14H19BrN2O4. The first-order valence-corrected chi connectivity index (χ1v) is 7.34. The van der Waals surface area contributed by atoms with Crippen LogP contribution in [0.15, 0.2) is 22.7 Å².